The number of nitrogens with one attached hydrogen (secondary N) is 1. The molecule has 0 aliphatic rings. The first-order valence-electron chi connectivity index (χ1n) is 7.16. The highest BCUT2D eigenvalue weighted by Crippen LogP contribution is 2.24. The lowest BCUT2D eigenvalue weighted by atomic mass is 10.2. The average Bonchev–Trinajstić information content (AvgIpc) is 3.00. The highest BCUT2D eigenvalue weighted by Gasteiger charge is 2.19. The van der Waals surface area contributed by atoms with Gasteiger partial charge >= 0.3 is 5.97 Å². The van der Waals surface area contributed by atoms with Crippen LogP contribution in [-0.4, -0.2) is 27.7 Å². The van der Waals surface area contributed by atoms with Crippen LogP contribution >= 0.6 is 0 Å². The highest BCUT2D eigenvalue weighted by molar-refractivity contribution is 6.03. The minimum absolute atomic E-state index is 0.0115. The summed E-state index contributed by atoms with van der Waals surface area (Å²) in [7, 11) is 0. The van der Waals surface area contributed by atoms with Crippen molar-refractivity contribution >= 4 is 22.6 Å². The topological polar surface area (TPSA) is 107 Å². The van der Waals surface area contributed by atoms with E-state index in [2.05, 4.69) is 10.2 Å². The number of benzene rings is 2. The summed E-state index contributed by atoms with van der Waals surface area (Å²) in [5.74, 6) is 0.286. The molecular weight excluding hydrogens is 314 g/mol. The zero-order valence-corrected chi connectivity index (χ0v) is 12.7. The summed E-state index contributed by atoms with van der Waals surface area (Å²) >= 11 is 0. The fourth-order valence-corrected chi connectivity index (χ4v) is 2.20. The Labute approximate surface area is 136 Å². The molecule has 0 saturated heterocycles. The molecule has 0 fully saturated rings. The highest BCUT2D eigenvalue weighted by atomic mass is 16.6. The van der Waals surface area contributed by atoms with Gasteiger partial charge in [0.2, 0.25) is 0 Å². The Morgan fingerprint density at radius 3 is 2.58 bits per heavy atom. The summed E-state index contributed by atoms with van der Waals surface area (Å²) in [6.07, 6.45) is 0. The zero-order chi connectivity index (χ0) is 17.1. The average molecular weight is 327 g/mol. The Morgan fingerprint density at radius 2 is 1.92 bits per heavy atom. The summed E-state index contributed by atoms with van der Waals surface area (Å²) in [6, 6.07) is 10.7. The van der Waals surface area contributed by atoms with Gasteiger partial charge in [-0.25, -0.2) is 4.79 Å². The van der Waals surface area contributed by atoms with Crippen molar-refractivity contribution < 1.29 is 19.2 Å². The van der Waals surface area contributed by atoms with Gasteiger partial charge in [-0.2, -0.15) is 5.10 Å². The van der Waals surface area contributed by atoms with Gasteiger partial charge in [-0.3, -0.25) is 15.2 Å². The van der Waals surface area contributed by atoms with Crippen molar-refractivity contribution in [3.05, 3.63) is 58.3 Å². The number of carbonyl (C=O) groups excluding carboxylic acids is 1. The second-order valence-corrected chi connectivity index (χ2v) is 4.85. The van der Waals surface area contributed by atoms with Crippen molar-refractivity contribution in [1.29, 1.82) is 0 Å². The van der Waals surface area contributed by atoms with Crippen LogP contribution in [-0.2, 0) is 0 Å². The van der Waals surface area contributed by atoms with Crippen LogP contribution in [0.2, 0.25) is 0 Å². The fourth-order valence-electron chi connectivity index (χ4n) is 2.20. The molecule has 0 amide bonds. The Balaban J connectivity index is 1.85. The Hall–Kier alpha value is -3.42. The smallest absolute Gasteiger partial charge is 0.364 e. The third-order valence-electron chi connectivity index (χ3n) is 3.30. The predicted molar refractivity (Wildman–Crippen MR) is 85.3 cm³/mol. The van der Waals surface area contributed by atoms with Crippen LogP contribution in [0, 0.1) is 10.1 Å². The number of non-ortho nitro benzene ring substituents is 1. The molecule has 8 heteroatoms. The number of H-pyrrole nitrogens is 1. The molecule has 0 bridgehead atoms. The largest absolute Gasteiger partial charge is 0.494 e. The molecule has 0 aliphatic heterocycles. The van der Waals surface area contributed by atoms with Crippen LogP contribution in [0.5, 0.6) is 11.5 Å². The number of rotatable bonds is 5. The number of esters is 1. The minimum atomic E-state index is -0.703. The van der Waals surface area contributed by atoms with E-state index >= 15 is 0 Å². The molecule has 24 heavy (non-hydrogen) atoms. The first-order valence-corrected chi connectivity index (χ1v) is 7.16. The van der Waals surface area contributed by atoms with E-state index in [1.165, 1.54) is 18.2 Å². The third-order valence-corrected chi connectivity index (χ3v) is 3.30. The lowest BCUT2D eigenvalue weighted by Crippen LogP contribution is -2.09. The maximum absolute atomic E-state index is 12.3. The number of aromatic nitrogens is 2. The second kappa shape index (κ2) is 6.37. The lowest BCUT2D eigenvalue weighted by molar-refractivity contribution is -0.384. The van der Waals surface area contributed by atoms with Crippen LogP contribution in [0.3, 0.4) is 0 Å². The number of nitro benzene ring substituents is 1. The Kier molecular flexibility index (Phi) is 4.11. The van der Waals surface area contributed by atoms with Gasteiger partial charge in [-0.05, 0) is 37.3 Å². The Morgan fingerprint density at radius 1 is 1.21 bits per heavy atom. The molecule has 0 radical (unpaired) electrons. The molecule has 8 nitrogen and oxygen atoms in total. The van der Waals surface area contributed by atoms with E-state index < -0.39 is 10.9 Å². The van der Waals surface area contributed by atoms with E-state index in [0.717, 1.165) is 0 Å². The first kappa shape index (κ1) is 15.5. The van der Waals surface area contributed by atoms with E-state index in [4.69, 9.17) is 9.47 Å². The monoisotopic (exact) mass is 327 g/mol. The molecule has 0 unspecified atom stereocenters. The van der Waals surface area contributed by atoms with Crippen LogP contribution < -0.4 is 9.47 Å². The summed E-state index contributed by atoms with van der Waals surface area (Å²) in [6.45, 7) is 2.41. The van der Waals surface area contributed by atoms with Crippen molar-refractivity contribution in [3.63, 3.8) is 0 Å². The molecule has 1 heterocycles. The molecule has 0 saturated carbocycles. The number of hydrogen-bond donors (Lipinski definition) is 1. The number of nitro groups is 1. The molecule has 0 atom stereocenters. The second-order valence-electron chi connectivity index (χ2n) is 4.85. The van der Waals surface area contributed by atoms with Gasteiger partial charge in [-0.1, -0.05) is 0 Å². The standard InChI is InChI=1S/C16H13N3O5/c1-2-23-11-4-6-12(7-5-11)24-16(20)15-13-9-10(19(21)22)3-8-14(13)17-18-15/h3-9H,2H2,1H3,(H,17,18). The number of hydrogen-bond acceptors (Lipinski definition) is 6. The van der Waals surface area contributed by atoms with Gasteiger partial charge in [0, 0.05) is 17.5 Å². The van der Waals surface area contributed by atoms with Crippen LogP contribution in [0.15, 0.2) is 42.5 Å². The summed E-state index contributed by atoms with van der Waals surface area (Å²) in [4.78, 5) is 22.6. The number of aromatic amines is 1. The third kappa shape index (κ3) is 3.02. The number of carbonyl (C=O) groups is 1. The molecule has 0 aliphatic carbocycles. The van der Waals surface area contributed by atoms with Crippen LogP contribution in [0.1, 0.15) is 17.4 Å². The molecule has 0 spiro atoms. The quantitative estimate of drug-likeness (QED) is 0.334. The zero-order valence-electron chi connectivity index (χ0n) is 12.7. The molecule has 2 aromatic carbocycles. The maximum atomic E-state index is 12.3. The van der Waals surface area contributed by atoms with Crippen molar-refractivity contribution in [2.75, 3.05) is 6.61 Å². The van der Waals surface area contributed by atoms with E-state index in [0.29, 0.717) is 29.0 Å². The summed E-state index contributed by atoms with van der Waals surface area (Å²) < 4.78 is 10.6. The molecule has 122 valence electrons. The fraction of sp³-hybridized carbons (Fsp3) is 0.125. The number of nitrogens with zero attached hydrogens (tertiary/aromatic N) is 2. The van der Waals surface area contributed by atoms with Crippen LogP contribution in [0.25, 0.3) is 10.9 Å². The van der Waals surface area contributed by atoms with Gasteiger partial charge in [0.05, 0.1) is 17.0 Å². The maximum Gasteiger partial charge on any atom is 0.364 e. The molecule has 1 aromatic heterocycles. The molecule has 3 aromatic rings. The number of fused-ring (bicyclic) bond motifs is 1. The molecule has 1 N–H and O–H groups in total. The lowest BCUT2D eigenvalue weighted by Gasteiger charge is -2.05. The Bertz CT molecular complexity index is 902. The van der Waals surface area contributed by atoms with Crippen molar-refractivity contribution in [1.82, 2.24) is 10.2 Å². The van der Waals surface area contributed by atoms with Crippen molar-refractivity contribution in [2.45, 2.75) is 6.92 Å². The van der Waals surface area contributed by atoms with Crippen LogP contribution in [0.4, 0.5) is 5.69 Å². The summed E-state index contributed by atoms with van der Waals surface area (Å²) in [5, 5.41) is 17.7. The molecule has 3 rings (SSSR count). The van der Waals surface area contributed by atoms with Crippen molar-refractivity contribution in [3.8, 4) is 11.5 Å². The van der Waals surface area contributed by atoms with Gasteiger partial charge in [0.1, 0.15) is 11.5 Å². The number of ether oxygens (including phenoxy) is 2. The van der Waals surface area contributed by atoms with Crippen molar-refractivity contribution in [2.24, 2.45) is 0 Å². The SMILES string of the molecule is CCOc1ccc(OC(=O)c2n[nH]c3ccc([N+](=O)[O-])cc23)cc1. The van der Waals surface area contributed by atoms with E-state index in [1.807, 2.05) is 6.92 Å². The van der Waals surface area contributed by atoms with E-state index in [1.54, 1.807) is 24.3 Å². The minimum Gasteiger partial charge on any atom is -0.494 e. The van der Waals surface area contributed by atoms with Gasteiger partial charge in [0.25, 0.3) is 5.69 Å². The normalized spacial score (nSPS) is 10.5. The van der Waals surface area contributed by atoms with Gasteiger partial charge < -0.3 is 9.47 Å². The van der Waals surface area contributed by atoms with E-state index in [-0.39, 0.29) is 11.4 Å². The van der Waals surface area contributed by atoms with E-state index in [9.17, 15) is 14.9 Å². The van der Waals surface area contributed by atoms with Gasteiger partial charge in [-0.15, -0.1) is 0 Å². The predicted octanol–water partition coefficient (Wildman–Crippen LogP) is 3.09. The molecular formula is C16H13N3O5. The van der Waals surface area contributed by atoms with Gasteiger partial charge in [0.15, 0.2) is 5.69 Å². The summed E-state index contributed by atoms with van der Waals surface area (Å²) in [5.41, 5.74) is 0.376. The first-order chi connectivity index (χ1) is 11.6.